The molecule has 1 amide bonds. The predicted molar refractivity (Wildman–Crippen MR) is 105 cm³/mol. The van der Waals surface area contributed by atoms with E-state index in [4.69, 9.17) is 9.05 Å². The molecule has 0 bridgehead atoms. The van der Waals surface area contributed by atoms with Crippen LogP contribution in [0, 0.1) is 0 Å². The van der Waals surface area contributed by atoms with Crippen molar-refractivity contribution in [2.24, 2.45) is 0 Å². The Balaban J connectivity index is 1.33. The van der Waals surface area contributed by atoms with Gasteiger partial charge in [0.25, 0.3) is 11.8 Å². The second-order valence-corrected chi connectivity index (χ2v) is 7.74. The van der Waals surface area contributed by atoms with Crippen LogP contribution in [0.3, 0.4) is 0 Å². The maximum Gasteiger partial charge on any atom is 0.297 e. The molecule has 150 valence electrons. The van der Waals surface area contributed by atoms with E-state index in [0.29, 0.717) is 23.0 Å². The third-order valence-electron chi connectivity index (χ3n) is 5.76. The second kappa shape index (κ2) is 7.44. The highest BCUT2D eigenvalue weighted by Crippen LogP contribution is 2.31. The van der Waals surface area contributed by atoms with E-state index in [2.05, 4.69) is 27.2 Å². The van der Waals surface area contributed by atoms with E-state index >= 15 is 0 Å². The fraction of sp³-hybridized carbons (Fsp3) is 0.429. The fourth-order valence-electron chi connectivity index (χ4n) is 3.95. The van der Waals surface area contributed by atoms with Crippen LogP contribution in [0.1, 0.15) is 34.5 Å². The highest BCUT2D eigenvalue weighted by Gasteiger charge is 2.25. The third-order valence-corrected chi connectivity index (χ3v) is 5.76. The van der Waals surface area contributed by atoms with Crippen molar-refractivity contribution in [2.75, 3.05) is 33.2 Å². The summed E-state index contributed by atoms with van der Waals surface area (Å²) in [6.45, 7) is 3.32. The maximum absolute atomic E-state index is 12.7. The molecule has 8 heteroatoms. The molecule has 1 fully saturated rings. The van der Waals surface area contributed by atoms with Gasteiger partial charge in [-0.15, -0.1) is 0 Å². The predicted octanol–water partition coefficient (Wildman–Crippen LogP) is 2.66. The summed E-state index contributed by atoms with van der Waals surface area (Å²) in [5.74, 6) is 1.47. The Labute approximate surface area is 168 Å². The highest BCUT2D eigenvalue weighted by atomic mass is 16.5. The first-order valence-electron chi connectivity index (χ1n) is 10.1. The molecule has 2 aliphatic rings. The molecular weight excluding hydrogens is 370 g/mol. The number of aromatic nitrogens is 3. The van der Waals surface area contributed by atoms with Gasteiger partial charge in [0.05, 0.1) is 5.69 Å². The Bertz CT molecular complexity index is 1020. The van der Waals surface area contributed by atoms with Crippen molar-refractivity contribution >= 4 is 5.91 Å². The largest absolute Gasteiger partial charge is 0.350 e. The summed E-state index contributed by atoms with van der Waals surface area (Å²) in [7, 11) is 2.07. The average Bonchev–Trinajstić information content (AvgIpc) is 3.41. The minimum atomic E-state index is 0.0618. The summed E-state index contributed by atoms with van der Waals surface area (Å²) in [6, 6.07) is 7.35. The molecule has 29 heavy (non-hydrogen) atoms. The molecule has 0 N–H and O–H groups in total. The lowest BCUT2D eigenvalue weighted by Gasteiger charge is -2.32. The molecule has 1 saturated heterocycles. The number of nitrogens with zero attached hydrogens (tertiary/aromatic N) is 5. The molecule has 3 aromatic rings. The third kappa shape index (κ3) is 3.44. The number of likely N-dealkylation sites (N-methyl/N-ethyl adjacent to an activating group) is 1. The van der Waals surface area contributed by atoms with E-state index in [-0.39, 0.29) is 5.91 Å². The lowest BCUT2D eigenvalue weighted by molar-refractivity contribution is 0.0664. The summed E-state index contributed by atoms with van der Waals surface area (Å²) in [6.07, 6.45) is 4.11. The molecule has 1 aliphatic heterocycles. The van der Waals surface area contributed by atoms with Crippen LogP contribution in [0.2, 0.25) is 0 Å². The number of carbonyl (C=O) groups excluding carboxylic acids is 1. The number of fused-ring (bicyclic) bond motifs is 1. The van der Waals surface area contributed by atoms with Crippen LogP contribution in [0.5, 0.6) is 0 Å². The Morgan fingerprint density at radius 3 is 2.52 bits per heavy atom. The molecule has 1 aromatic carbocycles. The molecule has 8 nitrogen and oxygen atoms in total. The lowest BCUT2D eigenvalue weighted by atomic mass is 9.96. The first kappa shape index (κ1) is 18.1. The Hall–Kier alpha value is -3.00. The maximum atomic E-state index is 12.7. The summed E-state index contributed by atoms with van der Waals surface area (Å²) in [5, 5.41) is 8.24. The van der Waals surface area contributed by atoms with Crippen LogP contribution in [0.4, 0.5) is 0 Å². The van der Waals surface area contributed by atoms with E-state index in [1.54, 1.807) is 0 Å². The van der Waals surface area contributed by atoms with Crippen molar-refractivity contribution in [3.8, 4) is 23.0 Å². The number of hydrogen-bond acceptors (Lipinski definition) is 7. The standard InChI is InChI=1S/C21H23N5O3/c1-25-10-12-26(13-11-25)21(27)15-8-6-14(7-9-15)19-22-20(29-24-19)18-16-4-2-3-5-17(16)23-28-18/h6-9H,2-5,10-13H2,1H3. The smallest absolute Gasteiger partial charge is 0.297 e. The number of carbonyl (C=O) groups is 1. The van der Waals surface area contributed by atoms with Gasteiger partial charge in [0, 0.05) is 42.9 Å². The summed E-state index contributed by atoms with van der Waals surface area (Å²) >= 11 is 0. The van der Waals surface area contributed by atoms with E-state index in [9.17, 15) is 4.79 Å². The molecular formula is C21H23N5O3. The lowest BCUT2D eigenvalue weighted by Crippen LogP contribution is -2.47. The Morgan fingerprint density at radius 2 is 1.72 bits per heavy atom. The van der Waals surface area contributed by atoms with E-state index < -0.39 is 0 Å². The number of aryl methyl sites for hydroxylation is 1. The van der Waals surface area contributed by atoms with E-state index in [1.165, 1.54) is 0 Å². The van der Waals surface area contributed by atoms with Crippen LogP contribution in [-0.2, 0) is 12.8 Å². The number of rotatable bonds is 3. The molecule has 0 unspecified atom stereocenters. The second-order valence-electron chi connectivity index (χ2n) is 7.74. The van der Waals surface area contributed by atoms with Crippen molar-refractivity contribution in [1.29, 1.82) is 0 Å². The summed E-state index contributed by atoms with van der Waals surface area (Å²) in [4.78, 5) is 21.3. The number of amides is 1. The van der Waals surface area contributed by atoms with E-state index in [1.807, 2.05) is 29.2 Å². The zero-order valence-corrected chi connectivity index (χ0v) is 16.4. The SMILES string of the molecule is CN1CCN(C(=O)c2ccc(-c3noc(-c4onc5c4CCCC5)n3)cc2)CC1. The zero-order chi connectivity index (χ0) is 19.8. The Kier molecular flexibility index (Phi) is 4.63. The van der Waals surface area contributed by atoms with Gasteiger partial charge in [-0.25, -0.2) is 0 Å². The minimum Gasteiger partial charge on any atom is -0.350 e. The molecule has 1 aliphatic carbocycles. The summed E-state index contributed by atoms with van der Waals surface area (Å²) < 4.78 is 10.9. The monoisotopic (exact) mass is 393 g/mol. The van der Waals surface area contributed by atoms with Crippen molar-refractivity contribution in [2.45, 2.75) is 25.7 Å². The summed E-state index contributed by atoms with van der Waals surface area (Å²) in [5.41, 5.74) is 3.55. The highest BCUT2D eigenvalue weighted by molar-refractivity contribution is 5.94. The van der Waals surface area contributed by atoms with Gasteiger partial charge < -0.3 is 18.8 Å². The van der Waals surface area contributed by atoms with E-state index in [0.717, 1.165) is 68.7 Å². The quantitative estimate of drug-likeness (QED) is 0.676. The van der Waals surface area contributed by atoms with Gasteiger partial charge in [0.1, 0.15) is 0 Å². The normalized spacial score (nSPS) is 17.3. The van der Waals surface area contributed by atoms with Gasteiger partial charge in [-0.3, -0.25) is 4.79 Å². The molecule has 3 heterocycles. The van der Waals surface area contributed by atoms with Crippen molar-refractivity contribution in [3.05, 3.63) is 41.1 Å². The van der Waals surface area contributed by atoms with Crippen molar-refractivity contribution in [3.63, 3.8) is 0 Å². The first-order chi connectivity index (χ1) is 14.2. The van der Waals surface area contributed by atoms with Crippen LogP contribution in [-0.4, -0.2) is 64.2 Å². The fourth-order valence-corrected chi connectivity index (χ4v) is 3.95. The molecule has 5 rings (SSSR count). The van der Waals surface area contributed by atoms with Crippen LogP contribution in [0.15, 0.2) is 33.3 Å². The van der Waals surface area contributed by atoms with Crippen LogP contribution < -0.4 is 0 Å². The van der Waals surface area contributed by atoms with Gasteiger partial charge >= 0.3 is 0 Å². The van der Waals surface area contributed by atoms with Gasteiger partial charge in [0.2, 0.25) is 11.6 Å². The molecule has 0 spiro atoms. The van der Waals surface area contributed by atoms with Crippen LogP contribution in [0.25, 0.3) is 23.0 Å². The zero-order valence-electron chi connectivity index (χ0n) is 16.4. The first-order valence-corrected chi connectivity index (χ1v) is 10.1. The molecule has 0 atom stereocenters. The molecule has 2 aromatic heterocycles. The van der Waals surface area contributed by atoms with Crippen LogP contribution >= 0.6 is 0 Å². The van der Waals surface area contributed by atoms with Gasteiger partial charge in [-0.2, -0.15) is 4.98 Å². The van der Waals surface area contributed by atoms with Gasteiger partial charge in [-0.05, 0) is 44.9 Å². The molecule has 0 radical (unpaired) electrons. The minimum absolute atomic E-state index is 0.0618. The Morgan fingerprint density at radius 1 is 0.966 bits per heavy atom. The van der Waals surface area contributed by atoms with Crippen molar-refractivity contribution in [1.82, 2.24) is 25.1 Å². The van der Waals surface area contributed by atoms with Crippen molar-refractivity contribution < 1.29 is 13.8 Å². The topological polar surface area (TPSA) is 88.5 Å². The number of benzene rings is 1. The average molecular weight is 393 g/mol. The number of piperazine rings is 1. The van der Waals surface area contributed by atoms with Gasteiger partial charge in [-0.1, -0.05) is 22.4 Å². The van der Waals surface area contributed by atoms with Gasteiger partial charge in [0.15, 0.2) is 0 Å². The molecule has 0 saturated carbocycles. The number of hydrogen-bond donors (Lipinski definition) is 0.